The number of pyridine rings is 1. The molecule has 1 rings (SSSR count). The van der Waals surface area contributed by atoms with Gasteiger partial charge in [-0.25, -0.2) is 22.9 Å². The van der Waals surface area contributed by atoms with Crippen LogP contribution in [0, 0.1) is 12.7 Å². The van der Waals surface area contributed by atoms with Crippen LogP contribution in [-0.4, -0.2) is 17.6 Å². The number of alkyl halides is 2. The van der Waals surface area contributed by atoms with Crippen molar-refractivity contribution in [1.29, 1.82) is 0 Å². The predicted octanol–water partition coefficient (Wildman–Crippen LogP) is 2.64. The number of nitrogens with zero attached hydrogens (tertiary/aromatic N) is 1. The number of carbonyl (C=O) groups excluding carboxylic acids is 1. The van der Waals surface area contributed by atoms with E-state index >= 15 is 0 Å². The highest BCUT2D eigenvalue weighted by Crippen LogP contribution is 2.21. The summed E-state index contributed by atoms with van der Waals surface area (Å²) in [5, 5.41) is 0. The highest BCUT2D eigenvalue weighted by molar-refractivity contribution is 5.87. The van der Waals surface area contributed by atoms with E-state index in [2.05, 4.69) is 9.72 Å². The number of esters is 1. The molecule has 0 saturated heterocycles. The molecule has 0 fully saturated rings. The Kier molecular flexibility index (Phi) is 3.87. The lowest BCUT2D eigenvalue weighted by molar-refractivity contribution is 0.0511. The lowest BCUT2D eigenvalue weighted by Crippen LogP contribution is -2.12. The zero-order valence-electron chi connectivity index (χ0n) is 8.76. The Bertz CT molecular complexity index is 407. The van der Waals surface area contributed by atoms with Crippen molar-refractivity contribution in [3.8, 4) is 0 Å². The summed E-state index contributed by atoms with van der Waals surface area (Å²) in [5.74, 6) is -1.96. The molecule has 0 saturated carbocycles. The van der Waals surface area contributed by atoms with Gasteiger partial charge in [-0.15, -0.1) is 0 Å². The van der Waals surface area contributed by atoms with E-state index in [1.807, 2.05) is 0 Å². The van der Waals surface area contributed by atoms with Crippen molar-refractivity contribution >= 4 is 5.97 Å². The Balaban J connectivity index is 3.21. The van der Waals surface area contributed by atoms with Crippen molar-refractivity contribution in [1.82, 2.24) is 4.98 Å². The molecular formula is C10H10F3NO2. The number of aryl methyl sites for hydroxylation is 1. The molecule has 3 nitrogen and oxygen atoms in total. The van der Waals surface area contributed by atoms with Crippen LogP contribution in [0.4, 0.5) is 13.2 Å². The molecule has 0 aromatic carbocycles. The first-order valence-electron chi connectivity index (χ1n) is 4.59. The van der Waals surface area contributed by atoms with Crippen LogP contribution in [0.5, 0.6) is 0 Å². The lowest BCUT2D eigenvalue weighted by Gasteiger charge is -2.07. The summed E-state index contributed by atoms with van der Waals surface area (Å²) in [4.78, 5) is 14.5. The van der Waals surface area contributed by atoms with Crippen molar-refractivity contribution in [2.75, 3.05) is 6.61 Å². The second-order valence-electron chi connectivity index (χ2n) is 3.05. The van der Waals surface area contributed by atoms with Gasteiger partial charge in [0.1, 0.15) is 5.69 Å². The highest BCUT2D eigenvalue weighted by atomic mass is 19.3. The molecule has 0 aliphatic rings. The number of hydrogen-bond donors (Lipinski definition) is 0. The standard InChI is InChI=1S/C10H10F3NO2/c1-3-16-10(15)8-7(11)5(2)4-6(14-8)9(12)13/h4,9H,3H2,1-2H3. The summed E-state index contributed by atoms with van der Waals surface area (Å²) < 4.78 is 42.7. The number of hydrogen-bond acceptors (Lipinski definition) is 3. The summed E-state index contributed by atoms with van der Waals surface area (Å²) >= 11 is 0. The molecule has 0 aliphatic carbocycles. The quantitative estimate of drug-likeness (QED) is 0.753. The Hall–Kier alpha value is -1.59. The van der Waals surface area contributed by atoms with Crippen LogP contribution in [0.1, 0.15) is 35.1 Å². The summed E-state index contributed by atoms with van der Waals surface area (Å²) in [6.07, 6.45) is -2.85. The molecule has 0 unspecified atom stereocenters. The second-order valence-corrected chi connectivity index (χ2v) is 3.05. The maximum Gasteiger partial charge on any atom is 0.360 e. The van der Waals surface area contributed by atoms with E-state index in [9.17, 15) is 18.0 Å². The Morgan fingerprint density at radius 2 is 2.19 bits per heavy atom. The van der Waals surface area contributed by atoms with Crippen LogP contribution in [0.2, 0.25) is 0 Å². The number of aromatic nitrogens is 1. The number of carbonyl (C=O) groups is 1. The van der Waals surface area contributed by atoms with Crippen molar-refractivity contribution in [3.63, 3.8) is 0 Å². The van der Waals surface area contributed by atoms with E-state index in [1.54, 1.807) is 0 Å². The third-order valence-corrected chi connectivity index (χ3v) is 1.85. The zero-order valence-corrected chi connectivity index (χ0v) is 8.76. The fraction of sp³-hybridized carbons (Fsp3) is 0.400. The third-order valence-electron chi connectivity index (χ3n) is 1.85. The molecule has 1 aromatic heterocycles. The van der Waals surface area contributed by atoms with Gasteiger partial charge >= 0.3 is 5.97 Å². The molecule has 1 heterocycles. The van der Waals surface area contributed by atoms with Crippen molar-refractivity contribution in [2.45, 2.75) is 20.3 Å². The van der Waals surface area contributed by atoms with Gasteiger partial charge in [0.05, 0.1) is 6.61 Å². The molecule has 88 valence electrons. The average Bonchev–Trinajstić information content (AvgIpc) is 2.21. The average molecular weight is 233 g/mol. The number of ether oxygens (including phenoxy) is 1. The van der Waals surface area contributed by atoms with Gasteiger partial charge < -0.3 is 4.74 Å². The van der Waals surface area contributed by atoms with E-state index in [-0.39, 0.29) is 12.2 Å². The molecule has 0 spiro atoms. The molecule has 16 heavy (non-hydrogen) atoms. The van der Waals surface area contributed by atoms with Crippen molar-refractivity contribution in [3.05, 3.63) is 28.8 Å². The van der Waals surface area contributed by atoms with E-state index < -0.39 is 29.6 Å². The predicted molar refractivity (Wildman–Crippen MR) is 49.8 cm³/mol. The van der Waals surface area contributed by atoms with Gasteiger partial charge in [-0.3, -0.25) is 0 Å². The molecule has 0 bridgehead atoms. The fourth-order valence-electron chi connectivity index (χ4n) is 1.13. The van der Waals surface area contributed by atoms with Crippen molar-refractivity contribution < 1.29 is 22.7 Å². The topological polar surface area (TPSA) is 39.2 Å². The third kappa shape index (κ3) is 2.50. The minimum Gasteiger partial charge on any atom is -0.461 e. The van der Waals surface area contributed by atoms with Crippen LogP contribution < -0.4 is 0 Å². The van der Waals surface area contributed by atoms with E-state index in [1.165, 1.54) is 13.8 Å². The van der Waals surface area contributed by atoms with Gasteiger partial charge in [0.2, 0.25) is 0 Å². The van der Waals surface area contributed by atoms with Gasteiger partial charge in [-0.1, -0.05) is 0 Å². The van der Waals surface area contributed by atoms with Crippen molar-refractivity contribution in [2.24, 2.45) is 0 Å². The molecule has 0 amide bonds. The zero-order chi connectivity index (χ0) is 12.3. The van der Waals surface area contributed by atoms with E-state index in [0.29, 0.717) is 0 Å². The smallest absolute Gasteiger partial charge is 0.360 e. The van der Waals surface area contributed by atoms with Gasteiger partial charge in [-0.05, 0) is 25.5 Å². The molecular weight excluding hydrogens is 223 g/mol. The van der Waals surface area contributed by atoms with Gasteiger partial charge in [0.25, 0.3) is 6.43 Å². The largest absolute Gasteiger partial charge is 0.461 e. The van der Waals surface area contributed by atoms with Crippen LogP contribution in [0.3, 0.4) is 0 Å². The van der Waals surface area contributed by atoms with Gasteiger partial charge in [0, 0.05) is 0 Å². The Morgan fingerprint density at radius 3 is 2.69 bits per heavy atom. The normalized spacial score (nSPS) is 10.6. The molecule has 0 aliphatic heterocycles. The Labute approximate surface area is 90.2 Å². The summed E-state index contributed by atoms with van der Waals surface area (Å²) in [5.41, 5.74) is -1.40. The fourth-order valence-corrected chi connectivity index (χ4v) is 1.13. The van der Waals surface area contributed by atoms with Gasteiger partial charge in [-0.2, -0.15) is 0 Å². The molecule has 0 radical (unpaired) electrons. The first kappa shape index (κ1) is 12.5. The van der Waals surface area contributed by atoms with Crippen LogP contribution in [0.15, 0.2) is 6.07 Å². The van der Waals surface area contributed by atoms with Gasteiger partial charge in [0.15, 0.2) is 11.5 Å². The highest BCUT2D eigenvalue weighted by Gasteiger charge is 2.21. The number of halogens is 3. The first-order valence-corrected chi connectivity index (χ1v) is 4.59. The summed E-state index contributed by atoms with van der Waals surface area (Å²) in [7, 11) is 0. The SMILES string of the molecule is CCOC(=O)c1nc(C(F)F)cc(C)c1F. The monoisotopic (exact) mass is 233 g/mol. The molecule has 1 aromatic rings. The van der Waals surface area contributed by atoms with E-state index in [4.69, 9.17) is 0 Å². The maximum atomic E-state index is 13.4. The van der Waals surface area contributed by atoms with Crippen LogP contribution >= 0.6 is 0 Å². The summed E-state index contributed by atoms with van der Waals surface area (Å²) in [6.45, 7) is 2.84. The summed E-state index contributed by atoms with van der Waals surface area (Å²) in [6, 6.07) is 0.905. The minimum atomic E-state index is -2.85. The molecule has 0 atom stereocenters. The Morgan fingerprint density at radius 1 is 1.56 bits per heavy atom. The minimum absolute atomic E-state index is 0.0257. The van der Waals surface area contributed by atoms with Crippen LogP contribution in [0.25, 0.3) is 0 Å². The van der Waals surface area contributed by atoms with Crippen LogP contribution in [-0.2, 0) is 4.74 Å². The lowest BCUT2D eigenvalue weighted by atomic mass is 10.2. The first-order chi connectivity index (χ1) is 7.47. The van der Waals surface area contributed by atoms with E-state index in [0.717, 1.165) is 6.07 Å². The second kappa shape index (κ2) is 4.96. The number of rotatable bonds is 3. The molecule has 6 heteroatoms. The molecule has 0 N–H and O–H groups in total. The maximum absolute atomic E-state index is 13.4.